The first-order valence-corrected chi connectivity index (χ1v) is 11.3. The highest BCUT2D eigenvalue weighted by atomic mass is 16.5. The Kier molecular flexibility index (Phi) is 5.36. The molecule has 5 rings (SSSR count). The predicted molar refractivity (Wildman–Crippen MR) is 120 cm³/mol. The zero-order chi connectivity index (χ0) is 23.2. The Labute approximate surface area is 191 Å². The van der Waals surface area contributed by atoms with Crippen molar-refractivity contribution in [1.82, 2.24) is 9.78 Å². The monoisotopic (exact) mass is 453 g/mol. The number of ether oxygens (including phenoxy) is 2. The summed E-state index contributed by atoms with van der Waals surface area (Å²) in [7, 11) is 2.95. The van der Waals surface area contributed by atoms with Crippen LogP contribution in [0, 0.1) is 5.92 Å². The zero-order valence-corrected chi connectivity index (χ0v) is 18.8. The summed E-state index contributed by atoms with van der Waals surface area (Å²) in [4.78, 5) is 12.8. The van der Waals surface area contributed by atoms with Crippen molar-refractivity contribution in [3.8, 4) is 11.6 Å². The van der Waals surface area contributed by atoms with E-state index in [-0.39, 0.29) is 17.6 Å². The normalized spacial score (nSPS) is 22.8. The fourth-order valence-corrected chi connectivity index (χ4v) is 4.92. The van der Waals surface area contributed by atoms with Crippen LogP contribution in [0.5, 0.6) is 11.6 Å². The molecule has 9 nitrogen and oxygen atoms in total. The van der Waals surface area contributed by atoms with E-state index in [9.17, 15) is 15.1 Å². The summed E-state index contributed by atoms with van der Waals surface area (Å²) >= 11 is 0. The van der Waals surface area contributed by atoms with Crippen LogP contribution in [0.4, 0.5) is 5.69 Å². The average molecular weight is 454 g/mol. The van der Waals surface area contributed by atoms with E-state index in [1.807, 2.05) is 16.9 Å². The minimum absolute atomic E-state index is 0.0255. The van der Waals surface area contributed by atoms with Gasteiger partial charge in [0, 0.05) is 23.7 Å². The number of nitrogens with one attached hydrogen (secondary N) is 1. The molecule has 2 saturated carbocycles. The first-order valence-electron chi connectivity index (χ1n) is 11.3. The second-order valence-corrected chi connectivity index (χ2v) is 9.05. The number of methoxy groups -OCH3 is 2. The van der Waals surface area contributed by atoms with Crippen molar-refractivity contribution in [2.45, 2.75) is 50.2 Å². The molecule has 0 saturated heterocycles. The number of rotatable bonds is 6. The van der Waals surface area contributed by atoms with E-state index in [0.717, 1.165) is 49.4 Å². The lowest BCUT2D eigenvalue weighted by atomic mass is 9.79. The van der Waals surface area contributed by atoms with E-state index in [1.165, 1.54) is 20.3 Å². The minimum atomic E-state index is -0.506. The van der Waals surface area contributed by atoms with E-state index in [0.29, 0.717) is 22.1 Å². The van der Waals surface area contributed by atoms with E-state index in [2.05, 4.69) is 5.32 Å². The van der Waals surface area contributed by atoms with Crippen molar-refractivity contribution < 1.29 is 29.3 Å². The average Bonchev–Trinajstić information content (AvgIpc) is 3.60. The van der Waals surface area contributed by atoms with Gasteiger partial charge in [-0.15, -0.1) is 0 Å². The molecule has 1 amide bonds. The molecule has 2 aliphatic carbocycles. The molecule has 2 aliphatic rings. The van der Waals surface area contributed by atoms with Gasteiger partial charge in [0.1, 0.15) is 5.75 Å². The third-order valence-electron chi connectivity index (χ3n) is 7.00. The van der Waals surface area contributed by atoms with Gasteiger partial charge in [0.25, 0.3) is 0 Å². The SMILES string of the molecule is COc1cc2nn(C3CCC(O)(C4CC4)CC3)cc2cc1NC(=O)c1cccc(OC)[n+]1O. The van der Waals surface area contributed by atoms with E-state index < -0.39 is 11.5 Å². The molecule has 0 atom stereocenters. The van der Waals surface area contributed by atoms with Crippen LogP contribution in [0.1, 0.15) is 55.1 Å². The maximum absolute atomic E-state index is 12.8. The van der Waals surface area contributed by atoms with Crippen LogP contribution >= 0.6 is 0 Å². The molecule has 2 fully saturated rings. The Morgan fingerprint density at radius 3 is 2.61 bits per heavy atom. The molecule has 1 aromatic carbocycles. The third kappa shape index (κ3) is 3.97. The van der Waals surface area contributed by atoms with Crippen LogP contribution in [0.3, 0.4) is 0 Å². The number of carbonyl (C=O) groups is 1. The summed E-state index contributed by atoms with van der Waals surface area (Å²) in [5.41, 5.74) is 0.779. The van der Waals surface area contributed by atoms with E-state index in [4.69, 9.17) is 14.6 Å². The number of amides is 1. The van der Waals surface area contributed by atoms with Gasteiger partial charge in [-0.2, -0.15) is 5.10 Å². The van der Waals surface area contributed by atoms with Gasteiger partial charge in [0.15, 0.2) is 0 Å². The Hall–Kier alpha value is -3.33. The summed E-state index contributed by atoms with van der Waals surface area (Å²) in [5.74, 6) is 0.591. The molecule has 0 radical (unpaired) electrons. The first kappa shape index (κ1) is 21.5. The fourth-order valence-electron chi connectivity index (χ4n) is 4.92. The Bertz CT molecular complexity index is 1200. The molecular formula is C24H29N4O5+. The lowest BCUT2D eigenvalue weighted by Crippen LogP contribution is -2.40. The van der Waals surface area contributed by atoms with Gasteiger partial charge in [0.05, 0.1) is 47.9 Å². The summed E-state index contributed by atoms with van der Waals surface area (Å²) in [6.45, 7) is 0. The van der Waals surface area contributed by atoms with Crippen LogP contribution in [0.25, 0.3) is 10.9 Å². The van der Waals surface area contributed by atoms with E-state index >= 15 is 0 Å². The van der Waals surface area contributed by atoms with Crippen molar-refractivity contribution in [2.24, 2.45) is 5.92 Å². The first-order chi connectivity index (χ1) is 15.9. The fraction of sp³-hybridized carbons (Fsp3) is 0.458. The lowest BCUT2D eigenvalue weighted by molar-refractivity contribution is -0.907. The molecule has 3 aromatic rings. The molecule has 9 heteroatoms. The van der Waals surface area contributed by atoms with Crippen LogP contribution in [0.2, 0.25) is 0 Å². The van der Waals surface area contributed by atoms with Gasteiger partial charge in [0.2, 0.25) is 0 Å². The molecule has 174 valence electrons. The van der Waals surface area contributed by atoms with Gasteiger partial charge < -0.3 is 19.9 Å². The molecule has 0 aliphatic heterocycles. The molecule has 2 aromatic heterocycles. The van der Waals surface area contributed by atoms with Gasteiger partial charge >= 0.3 is 17.5 Å². The number of anilines is 1. The summed E-state index contributed by atoms with van der Waals surface area (Å²) in [5, 5.41) is 29.5. The number of pyridine rings is 1. The number of carbonyl (C=O) groups excluding carboxylic acids is 1. The van der Waals surface area contributed by atoms with Crippen molar-refractivity contribution in [3.05, 3.63) is 42.2 Å². The molecule has 2 heterocycles. The largest absolute Gasteiger partial charge is 0.494 e. The molecular weight excluding hydrogens is 424 g/mol. The standard InChI is InChI=1S/C24H28N4O5/c1-32-21-13-18-15(12-19(21)25-23(29)20-4-3-5-22(33-2)28(20)31)14-27(26-18)17-8-10-24(30,11-9-17)16-6-7-16/h3-5,12-14,16-17,30H,6-11H2,1-2H3,(H-,25,29,31)/p+1. The Morgan fingerprint density at radius 1 is 1.18 bits per heavy atom. The number of aliphatic hydroxyl groups is 1. The molecule has 0 spiro atoms. The summed E-state index contributed by atoms with van der Waals surface area (Å²) in [6.07, 6.45) is 7.69. The summed E-state index contributed by atoms with van der Waals surface area (Å²) < 4.78 is 13.2. The van der Waals surface area contributed by atoms with Crippen LogP contribution in [-0.2, 0) is 0 Å². The number of hydrogen-bond donors (Lipinski definition) is 3. The van der Waals surface area contributed by atoms with Gasteiger partial charge in [-0.1, -0.05) is 0 Å². The van der Waals surface area contributed by atoms with Crippen molar-refractivity contribution >= 4 is 22.5 Å². The molecule has 33 heavy (non-hydrogen) atoms. The maximum Gasteiger partial charge on any atom is 0.417 e. The van der Waals surface area contributed by atoms with E-state index in [1.54, 1.807) is 18.2 Å². The third-order valence-corrected chi connectivity index (χ3v) is 7.00. The van der Waals surface area contributed by atoms with Crippen LogP contribution < -0.4 is 19.5 Å². The highest BCUT2D eigenvalue weighted by Crippen LogP contribution is 2.49. The van der Waals surface area contributed by atoms with Gasteiger partial charge in [-0.25, -0.2) is 0 Å². The highest BCUT2D eigenvalue weighted by Gasteiger charge is 2.45. The maximum atomic E-state index is 12.8. The summed E-state index contributed by atoms with van der Waals surface area (Å²) in [6, 6.07) is 8.52. The van der Waals surface area contributed by atoms with Crippen molar-refractivity contribution in [3.63, 3.8) is 0 Å². The Balaban J connectivity index is 1.38. The zero-order valence-electron chi connectivity index (χ0n) is 18.8. The second kappa shape index (κ2) is 8.22. The van der Waals surface area contributed by atoms with Crippen molar-refractivity contribution in [2.75, 3.05) is 19.5 Å². The second-order valence-electron chi connectivity index (χ2n) is 9.05. The molecule has 3 N–H and O–H groups in total. The molecule has 0 bridgehead atoms. The number of fused-ring (bicyclic) bond motifs is 1. The lowest BCUT2D eigenvalue weighted by Gasteiger charge is -2.36. The number of hydrogen-bond acceptors (Lipinski definition) is 6. The predicted octanol–water partition coefficient (Wildman–Crippen LogP) is 3.09. The smallest absolute Gasteiger partial charge is 0.417 e. The highest BCUT2D eigenvalue weighted by molar-refractivity contribution is 6.04. The Morgan fingerprint density at radius 2 is 1.94 bits per heavy atom. The minimum Gasteiger partial charge on any atom is -0.494 e. The van der Waals surface area contributed by atoms with Crippen LogP contribution in [-0.4, -0.2) is 45.8 Å². The topological polar surface area (TPSA) is 110 Å². The number of aromatic nitrogens is 3. The van der Waals surface area contributed by atoms with Gasteiger partial charge in [-0.05, 0) is 56.6 Å². The van der Waals surface area contributed by atoms with Crippen LogP contribution in [0.15, 0.2) is 36.5 Å². The van der Waals surface area contributed by atoms with Gasteiger partial charge in [-0.3, -0.25) is 14.7 Å². The molecule has 0 unspecified atom stereocenters. The van der Waals surface area contributed by atoms with Crippen molar-refractivity contribution in [1.29, 1.82) is 0 Å². The number of benzene rings is 1. The quantitative estimate of drug-likeness (QED) is 0.391. The number of nitrogens with zero attached hydrogens (tertiary/aromatic N) is 3.